The summed E-state index contributed by atoms with van der Waals surface area (Å²) in [7, 11) is 0. The molecule has 2 aliphatic heterocycles. The van der Waals surface area contributed by atoms with Gasteiger partial charge < -0.3 is 15.0 Å². The van der Waals surface area contributed by atoms with Crippen LogP contribution in [0.5, 0.6) is 0 Å². The van der Waals surface area contributed by atoms with Crippen molar-refractivity contribution in [3.63, 3.8) is 0 Å². The van der Waals surface area contributed by atoms with Crippen LogP contribution in [0.2, 0.25) is 0 Å². The SMILES string of the molecule is CCN(CC)CCOCCN=C1NC(=O)S/C1=C\C1CCN(Cc2ccc(C(F)(F)F)cc2C(F)(F)F)CC1. The van der Waals surface area contributed by atoms with Crippen molar-refractivity contribution in [2.24, 2.45) is 10.9 Å². The highest BCUT2D eigenvalue weighted by Gasteiger charge is 2.38. The first kappa shape index (κ1) is 31.4. The van der Waals surface area contributed by atoms with Crippen molar-refractivity contribution in [1.29, 1.82) is 0 Å². The van der Waals surface area contributed by atoms with Crippen LogP contribution in [-0.2, 0) is 23.6 Å². The first-order chi connectivity index (χ1) is 18.4. The number of alkyl halides is 6. The third-order valence-corrected chi connectivity index (χ3v) is 7.60. The lowest BCUT2D eigenvalue weighted by molar-refractivity contribution is -0.143. The minimum Gasteiger partial charge on any atom is -0.378 e. The second-order valence-corrected chi connectivity index (χ2v) is 10.4. The standard InChI is InChI=1S/C26H34F6N4O2S/c1-3-35(4-2)12-14-38-13-9-33-23-22(39-24(37)34-23)15-18-7-10-36(11-8-18)17-19-5-6-20(25(27,28)29)16-21(19)26(30,31)32/h5-6,15-16,18H,3-4,7-14,17H2,1-2H3,(H,33,34,37)/b22-15-. The molecule has 0 bridgehead atoms. The summed E-state index contributed by atoms with van der Waals surface area (Å²) < 4.78 is 85.0. The highest BCUT2D eigenvalue weighted by atomic mass is 32.2. The van der Waals surface area contributed by atoms with Gasteiger partial charge in [-0.2, -0.15) is 26.3 Å². The Hall–Kier alpha value is -2.09. The van der Waals surface area contributed by atoms with Gasteiger partial charge in [-0.1, -0.05) is 26.0 Å². The molecule has 2 aliphatic rings. The quantitative estimate of drug-likeness (QED) is 0.256. The summed E-state index contributed by atoms with van der Waals surface area (Å²) >= 11 is 1.06. The van der Waals surface area contributed by atoms with E-state index in [1.54, 1.807) is 0 Å². The Bertz CT molecular complexity index is 1030. The first-order valence-corrected chi connectivity index (χ1v) is 13.8. The third kappa shape index (κ3) is 9.51. The van der Waals surface area contributed by atoms with E-state index in [0.717, 1.165) is 42.4 Å². The predicted molar refractivity (Wildman–Crippen MR) is 140 cm³/mol. The smallest absolute Gasteiger partial charge is 0.378 e. The minimum absolute atomic E-state index is 0.0912. The number of carbonyl (C=O) groups is 1. The van der Waals surface area contributed by atoms with Crippen LogP contribution in [0.4, 0.5) is 31.1 Å². The number of amidine groups is 1. The number of aliphatic imine (C=N–C) groups is 1. The number of nitrogens with zero attached hydrogens (tertiary/aromatic N) is 3. The average molecular weight is 581 g/mol. The van der Waals surface area contributed by atoms with E-state index in [9.17, 15) is 31.1 Å². The molecular formula is C26H34F6N4O2S. The van der Waals surface area contributed by atoms with Crippen LogP contribution < -0.4 is 5.32 Å². The average Bonchev–Trinajstić information content (AvgIpc) is 3.22. The second-order valence-electron chi connectivity index (χ2n) is 9.40. The Balaban J connectivity index is 1.54. The zero-order chi connectivity index (χ0) is 28.6. The highest BCUT2D eigenvalue weighted by Crippen LogP contribution is 2.38. The summed E-state index contributed by atoms with van der Waals surface area (Å²) in [6.07, 6.45) is -6.48. The number of rotatable bonds is 11. The molecule has 3 rings (SSSR count). The maximum Gasteiger partial charge on any atom is 0.416 e. The summed E-state index contributed by atoms with van der Waals surface area (Å²) in [5, 5.41) is 2.52. The van der Waals surface area contributed by atoms with Crippen molar-refractivity contribution < 1.29 is 35.9 Å². The Morgan fingerprint density at radius 2 is 1.79 bits per heavy atom. The van der Waals surface area contributed by atoms with Crippen molar-refractivity contribution >= 4 is 22.8 Å². The predicted octanol–water partition coefficient (Wildman–Crippen LogP) is 6.03. The number of hydrogen-bond acceptors (Lipinski definition) is 6. The molecule has 2 fully saturated rings. The fourth-order valence-corrected chi connectivity index (χ4v) is 5.33. The maximum absolute atomic E-state index is 13.5. The molecular weight excluding hydrogens is 546 g/mol. The molecule has 1 N–H and O–H groups in total. The molecule has 13 heteroatoms. The van der Waals surface area contributed by atoms with Gasteiger partial charge in [0, 0.05) is 13.1 Å². The number of likely N-dealkylation sites (tertiary alicyclic amines) is 1. The summed E-state index contributed by atoms with van der Waals surface area (Å²) in [5.74, 6) is 0.598. The largest absolute Gasteiger partial charge is 0.416 e. The number of likely N-dealkylation sites (N-methyl/N-ethyl adjacent to an activating group) is 1. The van der Waals surface area contributed by atoms with Crippen LogP contribution in [0, 0.1) is 5.92 Å². The number of benzene rings is 1. The number of ether oxygens (including phenoxy) is 1. The van der Waals surface area contributed by atoms with Crippen molar-refractivity contribution in [3.8, 4) is 0 Å². The number of halogens is 6. The minimum atomic E-state index is -4.88. The summed E-state index contributed by atoms with van der Waals surface area (Å²) in [4.78, 5) is 21.2. The molecule has 1 aromatic rings. The van der Waals surface area contributed by atoms with E-state index in [0.29, 0.717) is 57.6 Å². The molecule has 0 aromatic heterocycles. The second kappa shape index (κ2) is 14.0. The number of nitrogens with one attached hydrogen (secondary N) is 1. The summed E-state index contributed by atoms with van der Waals surface area (Å²) in [6, 6.07) is 1.80. The molecule has 0 atom stereocenters. The molecule has 0 spiro atoms. The van der Waals surface area contributed by atoms with E-state index in [4.69, 9.17) is 4.74 Å². The zero-order valence-corrected chi connectivity index (χ0v) is 22.8. The van der Waals surface area contributed by atoms with Crippen LogP contribution in [0.3, 0.4) is 0 Å². The van der Waals surface area contributed by atoms with Gasteiger partial charge in [0.25, 0.3) is 5.24 Å². The molecule has 39 heavy (non-hydrogen) atoms. The summed E-state index contributed by atoms with van der Waals surface area (Å²) in [5.41, 5.74) is -2.75. The van der Waals surface area contributed by atoms with Gasteiger partial charge in [-0.15, -0.1) is 0 Å². The summed E-state index contributed by atoms with van der Waals surface area (Å²) in [6.45, 7) is 9.25. The van der Waals surface area contributed by atoms with Gasteiger partial charge in [0.1, 0.15) is 5.84 Å². The molecule has 6 nitrogen and oxygen atoms in total. The maximum atomic E-state index is 13.5. The van der Waals surface area contributed by atoms with Gasteiger partial charge >= 0.3 is 12.4 Å². The lowest BCUT2D eigenvalue weighted by Gasteiger charge is -2.31. The number of amides is 1. The van der Waals surface area contributed by atoms with Crippen LogP contribution in [0.15, 0.2) is 34.2 Å². The molecule has 1 amide bonds. The van der Waals surface area contributed by atoms with Crippen LogP contribution in [0.25, 0.3) is 0 Å². The Kier molecular flexibility index (Phi) is 11.3. The van der Waals surface area contributed by atoms with Crippen molar-refractivity contribution in [3.05, 3.63) is 45.9 Å². The fourth-order valence-electron chi connectivity index (χ4n) is 4.51. The molecule has 0 unspecified atom stereocenters. The van der Waals surface area contributed by atoms with Crippen molar-refractivity contribution in [1.82, 2.24) is 15.1 Å². The topological polar surface area (TPSA) is 57.2 Å². The fraction of sp³-hybridized carbons (Fsp3) is 0.615. The van der Waals surface area contributed by atoms with Gasteiger partial charge in [0.2, 0.25) is 0 Å². The highest BCUT2D eigenvalue weighted by molar-refractivity contribution is 8.18. The molecule has 2 saturated heterocycles. The molecule has 0 saturated carbocycles. The number of piperidine rings is 1. The van der Waals surface area contributed by atoms with E-state index in [1.807, 2.05) is 11.0 Å². The lowest BCUT2D eigenvalue weighted by atomic mass is 9.95. The molecule has 1 aromatic carbocycles. The molecule has 0 aliphatic carbocycles. The van der Waals surface area contributed by atoms with Gasteiger partial charge in [0.05, 0.1) is 35.8 Å². The zero-order valence-electron chi connectivity index (χ0n) is 22.0. The van der Waals surface area contributed by atoms with Crippen LogP contribution in [-0.4, -0.2) is 73.4 Å². The Morgan fingerprint density at radius 3 is 2.41 bits per heavy atom. The van der Waals surface area contributed by atoms with E-state index in [-0.39, 0.29) is 29.3 Å². The van der Waals surface area contributed by atoms with Gasteiger partial charge in [-0.05, 0) is 74.4 Å². The van der Waals surface area contributed by atoms with E-state index in [2.05, 4.69) is 29.1 Å². The van der Waals surface area contributed by atoms with Crippen LogP contribution >= 0.6 is 11.8 Å². The van der Waals surface area contributed by atoms with Gasteiger partial charge in [-0.25, -0.2) is 0 Å². The molecule has 2 heterocycles. The van der Waals surface area contributed by atoms with Gasteiger partial charge in [-0.3, -0.25) is 14.7 Å². The Labute approximate surface area is 228 Å². The monoisotopic (exact) mass is 580 g/mol. The van der Waals surface area contributed by atoms with E-state index >= 15 is 0 Å². The first-order valence-electron chi connectivity index (χ1n) is 13.0. The lowest BCUT2D eigenvalue weighted by Crippen LogP contribution is -2.33. The molecule has 0 radical (unpaired) electrons. The van der Waals surface area contributed by atoms with E-state index < -0.39 is 23.5 Å². The normalized spacial score (nSPS) is 20.0. The Morgan fingerprint density at radius 1 is 1.10 bits per heavy atom. The van der Waals surface area contributed by atoms with Crippen molar-refractivity contribution in [2.45, 2.75) is 45.6 Å². The number of thioether (sulfide) groups is 1. The molecule has 218 valence electrons. The number of allylic oxidation sites excluding steroid dienone is 1. The number of hydrogen-bond donors (Lipinski definition) is 1. The number of carbonyl (C=O) groups excluding carboxylic acids is 1. The van der Waals surface area contributed by atoms with E-state index in [1.165, 1.54) is 0 Å². The van der Waals surface area contributed by atoms with Crippen LogP contribution in [0.1, 0.15) is 43.4 Å². The van der Waals surface area contributed by atoms with Crippen molar-refractivity contribution in [2.75, 3.05) is 52.5 Å². The van der Waals surface area contributed by atoms with Gasteiger partial charge in [0.15, 0.2) is 0 Å². The third-order valence-electron chi connectivity index (χ3n) is 6.76.